The number of hydrogen-bond acceptors (Lipinski definition) is 4. The number of hydrogen-bond donors (Lipinski definition) is 2. The molecule has 1 amide bonds. The van der Waals surface area contributed by atoms with Crippen LogP contribution in [0.15, 0.2) is 24.3 Å². The van der Waals surface area contributed by atoms with Gasteiger partial charge in [0.25, 0.3) is 5.91 Å². The minimum Gasteiger partial charge on any atom is -0.342 e. The summed E-state index contributed by atoms with van der Waals surface area (Å²) < 4.78 is 0. The number of aromatic amines is 1. The summed E-state index contributed by atoms with van der Waals surface area (Å²) in [4.78, 5) is 12.1. The maximum Gasteiger partial charge on any atom is 0.252 e. The van der Waals surface area contributed by atoms with E-state index in [1.54, 1.807) is 0 Å². The van der Waals surface area contributed by atoms with Gasteiger partial charge < -0.3 is 5.32 Å². The van der Waals surface area contributed by atoms with E-state index in [0.717, 1.165) is 12.0 Å². The first kappa shape index (κ1) is 12.2. The van der Waals surface area contributed by atoms with Crippen molar-refractivity contribution in [1.82, 2.24) is 25.9 Å². The Balaban J connectivity index is 2.12. The summed E-state index contributed by atoms with van der Waals surface area (Å²) in [6.45, 7) is 3.84. The number of rotatable bonds is 4. The highest BCUT2D eigenvalue weighted by Crippen LogP contribution is 2.11. The van der Waals surface area contributed by atoms with Crippen LogP contribution >= 0.6 is 0 Å². The highest BCUT2D eigenvalue weighted by atomic mass is 16.1. The SMILES string of the molecule is CCc1ccccc1C(=O)NC(C)c1nn[nH]n1. The average molecular weight is 245 g/mol. The minimum atomic E-state index is -0.277. The first-order valence-electron chi connectivity index (χ1n) is 5.84. The Morgan fingerprint density at radius 3 is 2.89 bits per heavy atom. The monoisotopic (exact) mass is 245 g/mol. The number of amides is 1. The fraction of sp³-hybridized carbons (Fsp3) is 0.333. The van der Waals surface area contributed by atoms with E-state index in [9.17, 15) is 4.79 Å². The second kappa shape index (κ2) is 5.39. The summed E-state index contributed by atoms with van der Waals surface area (Å²) in [6.07, 6.45) is 0.820. The van der Waals surface area contributed by atoms with Crippen molar-refractivity contribution >= 4 is 5.91 Å². The molecular formula is C12H15N5O. The van der Waals surface area contributed by atoms with Gasteiger partial charge in [-0.05, 0) is 25.0 Å². The average Bonchev–Trinajstić information content (AvgIpc) is 2.92. The molecule has 0 radical (unpaired) electrons. The van der Waals surface area contributed by atoms with Crippen LogP contribution in [0.2, 0.25) is 0 Å². The molecular weight excluding hydrogens is 230 g/mol. The van der Waals surface area contributed by atoms with E-state index in [-0.39, 0.29) is 11.9 Å². The van der Waals surface area contributed by atoms with E-state index in [2.05, 4.69) is 25.9 Å². The Morgan fingerprint density at radius 2 is 2.22 bits per heavy atom. The molecule has 0 aliphatic heterocycles. The molecule has 2 rings (SSSR count). The molecule has 2 aromatic rings. The van der Waals surface area contributed by atoms with Crippen LogP contribution in [0.3, 0.4) is 0 Å². The smallest absolute Gasteiger partial charge is 0.252 e. The van der Waals surface area contributed by atoms with Crippen molar-refractivity contribution in [2.45, 2.75) is 26.3 Å². The van der Waals surface area contributed by atoms with Gasteiger partial charge in [-0.15, -0.1) is 10.2 Å². The lowest BCUT2D eigenvalue weighted by Gasteiger charge is -2.12. The molecule has 1 aromatic heterocycles. The maximum absolute atomic E-state index is 12.1. The van der Waals surface area contributed by atoms with Crippen LogP contribution in [-0.2, 0) is 6.42 Å². The number of carbonyl (C=O) groups is 1. The van der Waals surface area contributed by atoms with E-state index in [1.807, 2.05) is 38.1 Å². The fourth-order valence-corrected chi connectivity index (χ4v) is 1.74. The molecule has 1 unspecified atom stereocenters. The lowest BCUT2D eigenvalue weighted by Crippen LogP contribution is -2.28. The Hall–Kier alpha value is -2.24. The van der Waals surface area contributed by atoms with Gasteiger partial charge in [-0.1, -0.05) is 30.3 Å². The summed E-state index contributed by atoms with van der Waals surface area (Å²) in [5.74, 6) is 0.349. The predicted molar refractivity (Wildman–Crippen MR) is 65.9 cm³/mol. The Kier molecular flexibility index (Phi) is 3.66. The zero-order chi connectivity index (χ0) is 13.0. The Labute approximate surface area is 105 Å². The van der Waals surface area contributed by atoms with Crippen molar-refractivity contribution in [3.63, 3.8) is 0 Å². The number of tetrazole rings is 1. The van der Waals surface area contributed by atoms with Gasteiger partial charge in [-0.2, -0.15) is 5.21 Å². The van der Waals surface area contributed by atoms with Crippen LogP contribution in [0, 0.1) is 0 Å². The molecule has 6 heteroatoms. The van der Waals surface area contributed by atoms with Crippen molar-refractivity contribution in [3.8, 4) is 0 Å². The van der Waals surface area contributed by atoms with Crippen LogP contribution in [0.5, 0.6) is 0 Å². The van der Waals surface area contributed by atoms with E-state index in [4.69, 9.17) is 0 Å². The molecule has 1 aromatic carbocycles. The molecule has 94 valence electrons. The quantitative estimate of drug-likeness (QED) is 0.849. The number of nitrogens with one attached hydrogen (secondary N) is 2. The molecule has 0 saturated heterocycles. The van der Waals surface area contributed by atoms with E-state index < -0.39 is 0 Å². The van der Waals surface area contributed by atoms with Crippen LogP contribution in [0.4, 0.5) is 0 Å². The highest BCUT2D eigenvalue weighted by molar-refractivity contribution is 5.95. The van der Waals surface area contributed by atoms with E-state index in [1.165, 1.54) is 0 Å². The molecule has 2 N–H and O–H groups in total. The van der Waals surface area contributed by atoms with Gasteiger partial charge >= 0.3 is 0 Å². The molecule has 0 bridgehead atoms. The third-order valence-corrected chi connectivity index (χ3v) is 2.74. The molecule has 0 spiro atoms. The van der Waals surface area contributed by atoms with Gasteiger partial charge in [-0.25, -0.2) is 0 Å². The van der Waals surface area contributed by atoms with Crippen LogP contribution in [-0.4, -0.2) is 26.5 Å². The lowest BCUT2D eigenvalue weighted by molar-refractivity contribution is 0.0937. The molecule has 1 heterocycles. The summed E-state index contributed by atoms with van der Waals surface area (Å²) in [7, 11) is 0. The van der Waals surface area contributed by atoms with Crippen LogP contribution < -0.4 is 5.32 Å². The van der Waals surface area contributed by atoms with E-state index >= 15 is 0 Å². The fourth-order valence-electron chi connectivity index (χ4n) is 1.74. The van der Waals surface area contributed by atoms with Crippen molar-refractivity contribution in [3.05, 3.63) is 41.2 Å². The molecule has 0 saturated carbocycles. The second-order valence-corrected chi connectivity index (χ2v) is 3.98. The van der Waals surface area contributed by atoms with Crippen molar-refractivity contribution in [2.24, 2.45) is 0 Å². The highest BCUT2D eigenvalue weighted by Gasteiger charge is 2.16. The molecule has 0 aliphatic carbocycles. The Bertz CT molecular complexity index is 523. The Morgan fingerprint density at radius 1 is 1.44 bits per heavy atom. The third kappa shape index (κ3) is 2.53. The predicted octanol–water partition coefficient (Wildman–Crippen LogP) is 1.25. The number of aryl methyl sites for hydroxylation is 1. The number of benzene rings is 1. The number of nitrogens with zero attached hydrogens (tertiary/aromatic N) is 3. The third-order valence-electron chi connectivity index (χ3n) is 2.74. The maximum atomic E-state index is 12.1. The van der Waals surface area contributed by atoms with Crippen LogP contribution in [0.25, 0.3) is 0 Å². The molecule has 0 aliphatic rings. The van der Waals surface area contributed by atoms with Gasteiger partial charge in [0.05, 0.1) is 6.04 Å². The van der Waals surface area contributed by atoms with Crippen molar-refractivity contribution in [1.29, 1.82) is 0 Å². The van der Waals surface area contributed by atoms with Crippen molar-refractivity contribution < 1.29 is 4.79 Å². The first-order valence-corrected chi connectivity index (χ1v) is 5.84. The molecule has 6 nitrogen and oxygen atoms in total. The van der Waals surface area contributed by atoms with Gasteiger partial charge in [0.2, 0.25) is 0 Å². The zero-order valence-electron chi connectivity index (χ0n) is 10.3. The zero-order valence-corrected chi connectivity index (χ0v) is 10.3. The van der Waals surface area contributed by atoms with Gasteiger partial charge in [0.15, 0.2) is 5.82 Å². The summed E-state index contributed by atoms with van der Waals surface area (Å²) in [5, 5.41) is 16.4. The number of aromatic nitrogens is 4. The molecule has 0 fully saturated rings. The van der Waals surface area contributed by atoms with Crippen LogP contribution in [0.1, 0.15) is 41.6 Å². The first-order chi connectivity index (χ1) is 8.72. The van der Waals surface area contributed by atoms with E-state index in [0.29, 0.717) is 11.4 Å². The molecule has 1 atom stereocenters. The minimum absolute atomic E-state index is 0.121. The van der Waals surface area contributed by atoms with Gasteiger partial charge in [-0.3, -0.25) is 4.79 Å². The summed E-state index contributed by atoms with van der Waals surface area (Å²) in [5.41, 5.74) is 1.71. The largest absolute Gasteiger partial charge is 0.342 e. The summed E-state index contributed by atoms with van der Waals surface area (Å²) >= 11 is 0. The van der Waals surface area contributed by atoms with Crippen molar-refractivity contribution in [2.75, 3.05) is 0 Å². The normalized spacial score (nSPS) is 12.1. The molecule has 18 heavy (non-hydrogen) atoms. The lowest BCUT2D eigenvalue weighted by atomic mass is 10.0. The standard InChI is InChI=1S/C12H15N5O/c1-3-9-6-4-5-7-10(9)12(18)13-8(2)11-14-16-17-15-11/h4-8H,3H2,1-2H3,(H,13,18)(H,14,15,16,17). The van der Waals surface area contributed by atoms with Gasteiger partial charge in [0, 0.05) is 5.56 Å². The summed E-state index contributed by atoms with van der Waals surface area (Å²) in [6, 6.07) is 7.28. The number of H-pyrrole nitrogens is 1. The number of carbonyl (C=O) groups excluding carboxylic acids is 1. The van der Waals surface area contributed by atoms with Gasteiger partial charge in [0.1, 0.15) is 0 Å². The second-order valence-electron chi connectivity index (χ2n) is 3.98. The topological polar surface area (TPSA) is 83.6 Å².